The normalized spacial score (nSPS) is 15.2. The number of nitrogens with zero attached hydrogens (tertiary/aromatic N) is 2. The van der Waals surface area contributed by atoms with Gasteiger partial charge in [-0.05, 0) is 79.0 Å². The first-order valence-electron chi connectivity index (χ1n) is 18.7. The van der Waals surface area contributed by atoms with E-state index in [0.717, 1.165) is 47.4 Å². The van der Waals surface area contributed by atoms with Crippen LogP contribution in [0.5, 0.6) is 5.75 Å². The first-order chi connectivity index (χ1) is 26.9. The number of hydrogen-bond donors (Lipinski definition) is 4. The zero-order valence-electron chi connectivity index (χ0n) is 31.9. The summed E-state index contributed by atoms with van der Waals surface area (Å²) in [7, 11) is 0. The van der Waals surface area contributed by atoms with E-state index in [2.05, 4.69) is 39.0 Å². The van der Waals surface area contributed by atoms with Crippen LogP contribution in [0.15, 0.2) is 110 Å². The van der Waals surface area contributed by atoms with E-state index in [1.807, 2.05) is 63.3 Å². The van der Waals surface area contributed by atoms with Crippen LogP contribution in [-0.4, -0.2) is 56.7 Å². The van der Waals surface area contributed by atoms with Crippen molar-refractivity contribution in [3.05, 3.63) is 131 Å². The number of carbonyl (C=O) groups excluding carboxylic acids is 2. The second-order valence-electron chi connectivity index (χ2n) is 14.5. The highest BCUT2D eigenvalue weighted by molar-refractivity contribution is 7.14. The summed E-state index contributed by atoms with van der Waals surface area (Å²) in [5.41, 5.74) is 2.60. The van der Waals surface area contributed by atoms with Gasteiger partial charge in [-0.15, -0.1) is 17.9 Å². The molecular formula is C45H48N4O6S. The molecule has 56 heavy (non-hydrogen) atoms. The number of thiophene rings is 1. The monoisotopic (exact) mass is 772 g/mol. The quantitative estimate of drug-likeness (QED) is 0.0457. The summed E-state index contributed by atoms with van der Waals surface area (Å²) in [6.45, 7) is 10.6. The van der Waals surface area contributed by atoms with Gasteiger partial charge in [0.15, 0.2) is 11.9 Å². The molecule has 0 saturated heterocycles. The van der Waals surface area contributed by atoms with E-state index in [1.54, 1.807) is 60.9 Å². The zero-order valence-corrected chi connectivity index (χ0v) is 32.7. The molecule has 0 radical (unpaired) electrons. The molecule has 2 unspecified atom stereocenters. The Hall–Kier alpha value is -5.83. The Morgan fingerprint density at radius 2 is 1.70 bits per heavy atom. The number of aliphatic hydroxyl groups is 1. The van der Waals surface area contributed by atoms with Crippen molar-refractivity contribution in [1.82, 2.24) is 20.6 Å². The number of unbranched alkanes of at least 4 members (excludes halogenated alkanes) is 3. The molecule has 290 valence electrons. The first-order valence-corrected chi connectivity index (χ1v) is 19.5. The van der Waals surface area contributed by atoms with Crippen LogP contribution < -0.4 is 15.4 Å². The minimum absolute atomic E-state index is 0.0300. The van der Waals surface area contributed by atoms with E-state index in [9.17, 15) is 24.6 Å². The number of rotatable bonds is 18. The molecule has 4 aromatic rings. The Balaban J connectivity index is 1.27. The molecule has 2 aromatic heterocycles. The lowest BCUT2D eigenvalue weighted by molar-refractivity contribution is -0.145. The molecule has 1 aliphatic rings. The third-order valence-electron chi connectivity index (χ3n) is 9.12. The third kappa shape index (κ3) is 11.6. The number of ether oxygens (including phenoxy) is 1. The van der Waals surface area contributed by atoms with E-state index in [-0.39, 0.29) is 11.8 Å². The maximum atomic E-state index is 13.8. The average Bonchev–Trinajstić information content (AvgIpc) is 3.60. The zero-order chi connectivity index (χ0) is 40.1. The van der Waals surface area contributed by atoms with Crippen LogP contribution in [0.1, 0.15) is 84.9 Å². The van der Waals surface area contributed by atoms with Gasteiger partial charge in [-0.1, -0.05) is 93.3 Å². The Bertz CT molecular complexity index is 2090. The lowest BCUT2D eigenvalue weighted by atomic mass is 9.95. The summed E-state index contributed by atoms with van der Waals surface area (Å²) in [6, 6.07) is 16.8. The second-order valence-corrected chi connectivity index (χ2v) is 15.6. The smallest absolute Gasteiger partial charge is 0.329 e. The molecule has 4 N–H and O–H groups in total. The van der Waals surface area contributed by atoms with E-state index >= 15 is 0 Å². The van der Waals surface area contributed by atoms with Gasteiger partial charge in [0.25, 0.3) is 5.91 Å². The first kappa shape index (κ1) is 41.3. The van der Waals surface area contributed by atoms with Crippen molar-refractivity contribution in [3.8, 4) is 28.7 Å². The van der Waals surface area contributed by atoms with Crippen molar-refractivity contribution in [3.63, 3.8) is 0 Å². The largest absolute Gasteiger partial charge is 0.494 e. The van der Waals surface area contributed by atoms with Gasteiger partial charge in [0.1, 0.15) is 17.9 Å². The van der Waals surface area contributed by atoms with Crippen molar-refractivity contribution in [1.29, 1.82) is 0 Å². The van der Waals surface area contributed by atoms with Crippen LogP contribution in [0, 0.1) is 17.8 Å². The summed E-state index contributed by atoms with van der Waals surface area (Å²) in [5.74, 6) is 4.25. The van der Waals surface area contributed by atoms with Crippen LogP contribution in [-0.2, 0) is 15.0 Å². The van der Waals surface area contributed by atoms with Gasteiger partial charge < -0.3 is 25.6 Å². The van der Waals surface area contributed by atoms with Crippen molar-refractivity contribution in [2.45, 2.75) is 76.5 Å². The van der Waals surface area contributed by atoms with E-state index in [4.69, 9.17) is 4.74 Å². The molecule has 0 aliphatic heterocycles. The van der Waals surface area contributed by atoms with Crippen LogP contribution >= 0.6 is 11.3 Å². The topological polar surface area (TPSA) is 151 Å². The van der Waals surface area contributed by atoms with Crippen molar-refractivity contribution in [2.24, 2.45) is 5.92 Å². The summed E-state index contributed by atoms with van der Waals surface area (Å²) < 4.78 is 5.88. The number of carbonyl (C=O) groups is 3. The number of aliphatic carboxylic acids is 1. The molecule has 1 aliphatic carbocycles. The minimum atomic E-state index is -1.67. The molecule has 5 rings (SSSR count). The predicted octanol–water partition coefficient (Wildman–Crippen LogP) is 7.69. The SMILES string of the molecule is C=CCCCCCOc1ccc(-c2cnc(C3=CC#CC(C[C@H](NC(=O)c4ccc(C(C)(C)C)s4)C(=O)N[C@@H](C(=O)O)C(O)c4ccccc4)C=C3)nc2)cc1. The number of nitrogens with one attached hydrogen (secondary N) is 2. The molecule has 11 heteroatoms. The third-order valence-corrected chi connectivity index (χ3v) is 10.6. The Morgan fingerprint density at radius 1 is 0.964 bits per heavy atom. The van der Waals surface area contributed by atoms with Crippen molar-refractivity contribution < 1.29 is 29.3 Å². The maximum Gasteiger partial charge on any atom is 0.329 e. The highest BCUT2D eigenvalue weighted by Crippen LogP contribution is 2.30. The number of aromatic nitrogens is 2. The fraction of sp³-hybridized carbons (Fsp3) is 0.311. The fourth-order valence-corrected chi connectivity index (χ4v) is 6.86. The number of carboxylic acid groups (broad SMARTS) is 1. The van der Waals surface area contributed by atoms with Crippen molar-refractivity contribution >= 4 is 34.7 Å². The van der Waals surface area contributed by atoms with E-state index in [1.165, 1.54) is 11.3 Å². The number of benzene rings is 2. The lowest BCUT2D eigenvalue weighted by Crippen LogP contribution is -2.53. The molecule has 2 heterocycles. The number of amides is 2. The van der Waals surface area contributed by atoms with Gasteiger partial charge in [-0.25, -0.2) is 14.8 Å². The molecule has 4 atom stereocenters. The molecule has 0 saturated carbocycles. The van der Waals surface area contributed by atoms with Gasteiger partial charge in [-0.2, -0.15) is 0 Å². The van der Waals surface area contributed by atoms with Gasteiger partial charge in [0, 0.05) is 34.3 Å². The Morgan fingerprint density at radius 3 is 2.36 bits per heavy atom. The lowest BCUT2D eigenvalue weighted by Gasteiger charge is -2.25. The highest BCUT2D eigenvalue weighted by Gasteiger charge is 2.33. The van der Waals surface area contributed by atoms with Gasteiger partial charge in [-0.3, -0.25) is 9.59 Å². The Kier molecular flexibility index (Phi) is 14.5. The predicted molar refractivity (Wildman–Crippen MR) is 220 cm³/mol. The van der Waals surface area contributed by atoms with Crippen molar-refractivity contribution in [2.75, 3.05) is 6.61 Å². The highest BCUT2D eigenvalue weighted by atomic mass is 32.1. The standard InChI is InChI=1S/C45H48N4O6S/c1-5-6-7-8-12-26-55-35-22-20-31(21-23-35)34-28-46-41(47-29-34)33-17-13-14-30(18-19-33)27-36(48-43(52)37-24-25-38(56-37)45(2,3)4)42(51)49-39(44(53)54)40(50)32-15-10-9-11-16-32/h5,9-11,15-25,28-30,36,39-40,50H,1,6-8,12,26-27H2,2-4H3,(H,48,52)(H,49,51)(H,53,54)/t30?,36-,39+,40?/m0/s1. The van der Waals surface area contributed by atoms with Crippen LogP contribution in [0.4, 0.5) is 0 Å². The molecular weight excluding hydrogens is 725 g/mol. The summed E-state index contributed by atoms with van der Waals surface area (Å²) in [6.07, 6.45) is 13.5. The number of carboxylic acids is 1. The Labute approximate surface area is 332 Å². The average molecular weight is 773 g/mol. The molecule has 2 aromatic carbocycles. The number of aliphatic hydroxyl groups excluding tert-OH is 1. The number of hydrogen-bond acceptors (Lipinski definition) is 8. The van der Waals surface area contributed by atoms with Gasteiger partial charge in [0.2, 0.25) is 5.91 Å². The second kappa shape index (κ2) is 19.7. The molecule has 10 nitrogen and oxygen atoms in total. The molecule has 0 bridgehead atoms. The van der Waals surface area contributed by atoms with Crippen LogP contribution in [0.25, 0.3) is 16.7 Å². The number of allylic oxidation sites excluding steroid dienone is 5. The van der Waals surface area contributed by atoms with Crippen LogP contribution in [0.3, 0.4) is 0 Å². The summed E-state index contributed by atoms with van der Waals surface area (Å²) in [4.78, 5) is 50.2. The fourth-order valence-electron chi connectivity index (χ4n) is 5.90. The van der Waals surface area contributed by atoms with E-state index < -0.39 is 41.9 Å². The molecule has 0 spiro atoms. The summed E-state index contributed by atoms with van der Waals surface area (Å²) >= 11 is 1.33. The maximum absolute atomic E-state index is 13.8. The minimum Gasteiger partial charge on any atom is -0.494 e. The van der Waals surface area contributed by atoms with E-state index in [0.29, 0.717) is 28.4 Å². The molecule has 0 fully saturated rings. The van der Waals surface area contributed by atoms with Crippen LogP contribution in [0.2, 0.25) is 0 Å². The van der Waals surface area contributed by atoms with Gasteiger partial charge >= 0.3 is 5.97 Å². The summed E-state index contributed by atoms with van der Waals surface area (Å²) in [5, 5.41) is 26.2. The molecule has 2 amide bonds. The van der Waals surface area contributed by atoms with Gasteiger partial charge in [0.05, 0.1) is 11.5 Å².